The summed E-state index contributed by atoms with van der Waals surface area (Å²) in [6.45, 7) is 0.584. The van der Waals surface area contributed by atoms with Gasteiger partial charge in [-0.25, -0.2) is 9.37 Å². The molecule has 0 spiro atoms. The molecule has 3 aromatic rings. The first-order valence-electron chi connectivity index (χ1n) is 9.70. The first-order valence-corrected chi connectivity index (χ1v) is 9.70. The van der Waals surface area contributed by atoms with Crippen LogP contribution in [0.2, 0.25) is 0 Å². The van der Waals surface area contributed by atoms with Crippen molar-refractivity contribution in [3.8, 4) is 5.75 Å². The van der Waals surface area contributed by atoms with E-state index in [1.807, 2.05) is 6.07 Å². The number of halogens is 1. The first kappa shape index (κ1) is 19.1. The zero-order valence-electron chi connectivity index (χ0n) is 16.0. The van der Waals surface area contributed by atoms with Gasteiger partial charge >= 0.3 is 0 Å². The Hall–Kier alpha value is -3.22. The van der Waals surface area contributed by atoms with Gasteiger partial charge in [-0.2, -0.15) is 0 Å². The Morgan fingerprint density at radius 1 is 1.24 bits per heavy atom. The molecule has 2 aromatic heterocycles. The summed E-state index contributed by atoms with van der Waals surface area (Å²) < 4.78 is 24.9. The average molecular weight is 395 g/mol. The molecule has 0 saturated carbocycles. The van der Waals surface area contributed by atoms with E-state index < -0.39 is 0 Å². The van der Waals surface area contributed by atoms with E-state index in [4.69, 9.17) is 9.15 Å². The molecule has 1 atom stereocenters. The van der Waals surface area contributed by atoms with Gasteiger partial charge in [-0.05, 0) is 49.1 Å². The van der Waals surface area contributed by atoms with Crippen molar-refractivity contribution in [2.75, 3.05) is 13.2 Å². The molecule has 7 heteroatoms. The number of amides is 1. The molecule has 150 valence electrons. The smallest absolute Gasteiger partial charge is 0.261 e. The third kappa shape index (κ3) is 4.80. The fraction of sp³-hybridized carbons (Fsp3) is 0.318. The predicted octanol–water partition coefficient (Wildman–Crippen LogP) is 3.93. The second-order valence-electron chi connectivity index (χ2n) is 7.05. The van der Waals surface area contributed by atoms with Crippen molar-refractivity contribution in [3.05, 3.63) is 78.0 Å². The lowest BCUT2D eigenvalue weighted by molar-refractivity contribution is -0.137. The number of piperidine rings is 1. The summed E-state index contributed by atoms with van der Waals surface area (Å²) in [6.07, 6.45) is 8.07. The minimum absolute atomic E-state index is 0.0565. The molecule has 0 bridgehead atoms. The zero-order chi connectivity index (χ0) is 20.1. The number of benzene rings is 1. The minimum atomic E-state index is -0.278. The van der Waals surface area contributed by atoms with Crippen LogP contribution < -0.4 is 4.74 Å². The van der Waals surface area contributed by atoms with E-state index in [-0.39, 0.29) is 24.4 Å². The van der Waals surface area contributed by atoms with E-state index in [1.165, 1.54) is 12.1 Å². The van der Waals surface area contributed by atoms with Crippen LogP contribution in [0.3, 0.4) is 0 Å². The van der Waals surface area contributed by atoms with E-state index in [9.17, 15) is 9.18 Å². The Morgan fingerprint density at radius 2 is 2.17 bits per heavy atom. The van der Waals surface area contributed by atoms with Crippen molar-refractivity contribution in [3.63, 3.8) is 0 Å². The van der Waals surface area contributed by atoms with Crippen LogP contribution in [0.15, 0.2) is 59.4 Å². The molecule has 1 fully saturated rings. The highest BCUT2D eigenvalue weighted by molar-refractivity contribution is 5.78. The van der Waals surface area contributed by atoms with Crippen LogP contribution in [0, 0.1) is 5.82 Å². The number of ether oxygens (including phenoxy) is 1. The number of hydrogen-bond donors (Lipinski definition) is 0. The number of nitrogens with zero attached hydrogens (tertiary/aromatic N) is 3. The standard InChI is InChI=1S/C22H22FN3O3/c23-17-6-3-5-16(11-17)12-19-14-25-22(29-19)20-8-1-2-10-26(20)21(27)15-28-18-7-4-9-24-13-18/h3-7,9,11,13-14,20H,1-2,8,10,12,15H2/t20-/m0/s1. The molecule has 1 aliphatic heterocycles. The molecule has 1 amide bonds. The SMILES string of the molecule is O=C(COc1cccnc1)N1CCCC[C@H]1c1ncc(Cc2cccc(F)c2)o1. The van der Waals surface area contributed by atoms with Gasteiger partial charge in [-0.15, -0.1) is 0 Å². The number of likely N-dealkylation sites (tertiary alicyclic amines) is 1. The minimum Gasteiger partial charge on any atom is -0.482 e. The fourth-order valence-corrected chi connectivity index (χ4v) is 3.55. The third-order valence-electron chi connectivity index (χ3n) is 4.94. The second kappa shape index (κ2) is 8.86. The molecule has 0 radical (unpaired) electrons. The molecule has 0 unspecified atom stereocenters. The number of rotatable bonds is 6. The van der Waals surface area contributed by atoms with E-state index >= 15 is 0 Å². The van der Waals surface area contributed by atoms with Crippen molar-refractivity contribution < 1.29 is 18.3 Å². The molecule has 4 rings (SSSR count). The quantitative estimate of drug-likeness (QED) is 0.633. The van der Waals surface area contributed by atoms with Gasteiger partial charge in [-0.1, -0.05) is 12.1 Å². The van der Waals surface area contributed by atoms with Crippen LogP contribution in [0.1, 0.15) is 42.5 Å². The number of carbonyl (C=O) groups excluding carboxylic acids is 1. The molecule has 1 aliphatic rings. The summed E-state index contributed by atoms with van der Waals surface area (Å²) in [5, 5.41) is 0. The summed E-state index contributed by atoms with van der Waals surface area (Å²) in [5.41, 5.74) is 0.814. The molecular formula is C22H22FN3O3. The molecule has 1 aromatic carbocycles. The molecule has 29 heavy (non-hydrogen) atoms. The Labute approximate surface area is 168 Å². The highest BCUT2D eigenvalue weighted by Crippen LogP contribution is 2.31. The number of hydrogen-bond acceptors (Lipinski definition) is 5. The Bertz CT molecular complexity index is 961. The summed E-state index contributed by atoms with van der Waals surface area (Å²) in [5.74, 6) is 1.34. The summed E-state index contributed by atoms with van der Waals surface area (Å²) in [7, 11) is 0. The number of oxazole rings is 1. The van der Waals surface area contributed by atoms with Gasteiger partial charge in [0.05, 0.1) is 12.4 Å². The third-order valence-corrected chi connectivity index (χ3v) is 4.94. The number of aromatic nitrogens is 2. The highest BCUT2D eigenvalue weighted by Gasteiger charge is 2.31. The maximum atomic E-state index is 13.4. The van der Waals surface area contributed by atoms with E-state index in [0.29, 0.717) is 30.4 Å². The Morgan fingerprint density at radius 3 is 3.00 bits per heavy atom. The topological polar surface area (TPSA) is 68.5 Å². The maximum absolute atomic E-state index is 13.4. The predicted molar refractivity (Wildman–Crippen MR) is 104 cm³/mol. The number of pyridine rings is 1. The van der Waals surface area contributed by atoms with Crippen molar-refractivity contribution >= 4 is 5.91 Å². The van der Waals surface area contributed by atoms with Crippen molar-refractivity contribution in [1.82, 2.24) is 14.9 Å². The van der Waals surface area contributed by atoms with E-state index in [2.05, 4.69) is 9.97 Å². The van der Waals surface area contributed by atoms with E-state index in [1.54, 1.807) is 41.7 Å². The lowest BCUT2D eigenvalue weighted by atomic mass is 10.0. The van der Waals surface area contributed by atoms with Gasteiger partial charge in [-0.3, -0.25) is 9.78 Å². The highest BCUT2D eigenvalue weighted by atomic mass is 19.1. The fourth-order valence-electron chi connectivity index (χ4n) is 3.55. The van der Waals surface area contributed by atoms with Gasteiger partial charge in [0.25, 0.3) is 5.91 Å². The molecule has 0 N–H and O–H groups in total. The summed E-state index contributed by atoms with van der Waals surface area (Å²) in [4.78, 5) is 22.9. The van der Waals surface area contributed by atoms with E-state index in [0.717, 1.165) is 24.8 Å². The number of carbonyl (C=O) groups is 1. The van der Waals surface area contributed by atoms with Crippen LogP contribution in [-0.2, 0) is 11.2 Å². The Kier molecular flexibility index (Phi) is 5.84. The van der Waals surface area contributed by atoms with Crippen LogP contribution in [-0.4, -0.2) is 33.9 Å². The lowest BCUT2D eigenvalue weighted by Gasteiger charge is -2.33. The van der Waals surface area contributed by atoms with Crippen LogP contribution in [0.5, 0.6) is 5.75 Å². The lowest BCUT2D eigenvalue weighted by Crippen LogP contribution is -2.41. The molecule has 0 aliphatic carbocycles. The van der Waals surface area contributed by atoms with Crippen molar-refractivity contribution in [1.29, 1.82) is 0 Å². The first-order chi connectivity index (χ1) is 14.2. The van der Waals surface area contributed by atoms with Gasteiger partial charge in [0.15, 0.2) is 6.61 Å². The van der Waals surface area contributed by atoms with Gasteiger partial charge in [0.2, 0.25) is 5.89 Å². The maximum Gasteiger partial charge on any atom is 0.261 e. The molecule has 1 saturated heterocycles. The van der Waals surface area contributed by atoms with Crippen LogP contribution in [0.25, 0.3) is 0 Å². The molecule has 3 heterocycles. The Balaban J connectivity index is 1.43. The van der Waals surface area contributed by atoms with Crippen molar-refractivity contribution in [2.24, 2.45) is 0 Å². The average Bonchev–Trinajstić information content (AvgIpc) is 3.21. The van der Waals surface area contributed by atoms with Gasteiger partial charge < -0.3 is 14.1 Å². The van der Waals surface area contributed by atoms with Gasteiger partial charge in [0.1, 0.15) is 23.4 Å². The molecular weight excluding hydrogens is 373 g/mol. The normalized spacial score (nSPS) is 16.6. The summed E-state index contributed by atoms with van der Waals surface area (Å²) >= 11 is 0. The van der Waals surface area contributed by atoms with Crippen LogP contribution in [0.4, 0.5) is 4.39 Å². The molecule has 6 nitrogen and oxygen atoms in total. The second-order valence-corrected chi connectivity index (χ2v) is 7.05. The zero-order valence-corrected chi connectivity index (χ0v) is 16.0. The summed E-state index contributed by atoms with van der Waals surface area (Å²) in [6, 6.07) is 9.72. The monoisotopic (exact) mass is 395 g/mol. The van der Waals surface area contributed by atoms with Gasteiger partial charge in [0, 0.05) is 19.2 Å². The van der Waals surface area contributed by atoms with Crippen LogP contribution >= 0.6 is 0 Å². The van der Waals surface area contributed by atoms with Crippen molar-refractivity contribution in [2.45, 2.75) is 31.7 Å². The largest absolute Gasteiger partial charge is 0.482 e.